The monoisotopic (exact) mass is 298 g/mol. The van der Waals surface area contributed by atoms with Gasteiger partial charge in [0, 0.05) is 0 Å². The molecule has 13 heavy (non-hydrogen) atoms. The van der Waals surface area contributed by atoms with Crippen molar-refractivity contribution in [2.24, 2.45) is 5.92 Å². The maximum atomic E-state index is 11.4. The average Bonchev–Trinajstić information content (AvgIpc) is 1.79. The third-order valence-corrected chi connectivity index (χ3v) is 3.08. The number of hydrogen-bond acceptors (Lipinski definition) is 2. The van der Waals surface area contributed by atoms with Gasteiger partial charge in [-0.3, -0.25) is 4.79 Å². The molecular weight excluding hydrogens is 281 g/mol. The van der Waals surface area contributed by atoms with E-state index in [1.807, 2.05) is 20.8 Å². The summed E-state index contributed by atoms with van der Waals surface area (Å²) in [5, 5.41) is 2.23. The molecule has 1 saturated heterocycles. The second kappa shape index (κ2) is 4.13. The van der Waals surface area contributed by atoms with Crippen molar-refractivity contribution in [3.63, 3.8) is 0 Å². The van der Waals surface area contributed by atoms with Gasteiger partial charge in [-0.25, -0.2) is 0 Å². The summed E-state index contributed by atoms with van der Waals surface area (Å²) in [6.07, 6.45) is 0. The minimum Gasteiger partial charge on any atom is -0.458 e. The Morgan fingerprint density at radius 3 is 2.46 bits per heavy atom. The van der Waals surface area contributed by atoms with E-state index in [2.05, 4.69) is 27.9 Å². The lowest BCUT2D eigenvalue weighted by Crippen LogP contribution is -2.98. The number of halogens is 1. The zero-order valence-electron chi connectivity index (χ0n) is 8.34. The van der Waals surface area contributed by atoms with E-state index in [1.165, 1.54) is 0 Å². The van der Waals surface area contributed by atoms with E-state index < -0.39 is 0 Å². The second-order valence-corrected chi connectivity index (χ2v) is 5.97. The lowest BCUT2D eigenvalue weighted by Gasteiger charge is -2.37. The molecule has 0 saturated carbocycles. The van der Waals surface area contributed by atoms with Crippen LogP contribution in [-0.4, -0.2) is 28.6 Å². The van der Waals surface area contributed by atoms with Crippen molar-refractivity contribution in [2.45, 2.75) is 30.3 Å². The fourth-order valence-corrected chi connectivity index (χ4v) is 1.45. The summed E-state index contributed by atoms with van der Waals surface area (Å²) in [5.74, 6) is 0.420. The topological polar surface area (TPSA) is 42.9 Å². The van der Waals surface area contributed by atoms with Crippen molar-refractivity contribution < 1.29 is 14.8 Å². The number of quaternary nitrogens is 1. The molecule has 1 unspecified atom stereocenters. The SMILES string of the molecule is CC(I)C(=O)OC(C)(C)C1C[NH2+]C1. The van der Waals surface area contributed by atoms with Crippen LogP contribution in [0.4, 0.5) is 0 Å². The van der Waals surface area contributed by atoms with E-state index in [-0.39, 0.29) is 15.5 Å². The van der Waals surface area contributed by atoms with Crippen molar-refractivity contribution in [1.82, 2.24) is 0 Å². The molecule has 0 aromatic carbocycles. The van der Waals surface area contributed by atoms with Gasteiger partial charge in [0.1, 0.15) is 9.53 Å². The molecule has 0 radical (unpaired) electrons. The van der Waals surface area contributed by atoms with Crippen molar-refractivity contribution >= 4 is 28.6 Å². The van der Waals surface area contributed by atoms with E-state index in [1.54, 1.807) is 0 Å². The zero-order valence-corrected chi connectivity index (χ0v) is 10.5. The molecule has 2 N–H and O–H groups in total. The molecule has 1 rings (SSSR count). The Bertz CT molecular complexity index is 200. The smallest absolute Gasteiger partial charge is 0.319 e. The van der Waals surface area contributed by atoms with Gasteiger partial charge in [-0.05, 0) is 20.8 Å². The number of nitrogens with two attached hydrogens (primary N) is 1. The highest BCUT2D eigenvalue weighted by molar-refractivity contribution is 14.1. The number of hydrogen-bond donors (Lipinski definition) is 1. The fourth-order valence-electron chi connectivity index (χ4n) is 1.32. The standard InChI is InChI=1S/C9H16INO2/c1-6(10)8(12)13-9(2,3)7-4-11-5-7/h6-7,11H,4-5H2,1-3H3/p+1. The van der Waals surface area contributed by atoms with Crippen molar-refractivity contribution in [2.75, 3.05) is 13.1 Å². The predicted molar refractivity (Wildman–Crippen MR) is 58.8 cm³/mol. The molecule has 1 aliphatic heterocycles. The molecule has 0 bridgehead atoms. The van der Waals surface area contributed by atoms with Gasteiger partial charge in [-0.15, -0.1) is 0 Å². The van der Waals surface area contributed by atoms with Gasteiger partial charge in [-0.2, -0.15) is 0 Å². The lowest BCUT2D eigenvalue weighted by molar-refractivity contribution is -0.728. The number of ether oxygens (including phenoxy) is 1. The van der Waals surface area contributed by atoms with Gasteiger partial charge in [0.2, 0.25) is 0 Å². The molecule has 0 aromatic heterocycles. The number of esters is 1. The summed E-state index contributed by atoms with van der Waals surface area (Å²) in [5.41, 5.74) is -0.286. The number of carbonyl (C=O) groups is 1. The first-order valence-electron chi connectivity index (χ1n) is 4.62. The highest BCUT2D eigenvalue weighted by Crippen LogP contribution is 2.23. The van der Waals surface area contributed by atoms with Gasteiger partial charge in [0.15, 0.2) is 0 Å². The van der Waals surface area contributed by atoms with Crippen LogP contribution in [-0.2, 0) is 9.53 Å². The van der Waals surface area contributed by atoms with Gasteiger partial charge in [0.05, 0.1) is 19.0 Å². The average molecular weight is 298 g/mol. The first-order valence-corrected chi connectivity index (χ1v) is 5.86. The Labute approximate surface area is 92.7 Å². The van der Waals surface area contributed by atoms with Crippen LogP contribution in [0.25, 0.3) is 0 Å². The Kier molecular flexibility index (Phi) is 3.57. The molecule has 0 amide bonds. The normalized spacial score (nSPS) is 20.6. The summed E-state index contributed by atoms with van der Waals surface area (Å²) in [4.78, 5) is 11.4. The summed E-state index contributed by atoms with van der Waals surface area (Å²) >= 11 is 2.08. The molecule has 0 spiro atoms. The minimum atomic E-state index is -0.286. The largest absolute Gasteiger partial charge is 0.458 e. The Morgan fingerprint density at radius 1 is 1.62 bits per heavy atom. The first-order chi connectivity index (χ1) is 5.93. The number of alkyl halides is 1. The highest BCUT2D eigenvalue weighted by Gasteiger charge is 2.41. The van der Waals surface area contributed by atoms with E-state index in [0.717, 1.165) is 13.1 Å². The van der Waals surface area contributed by atoms with E-state index >= 15 is 0 Å². The number of carbonyl (C=O) groups excluding carboxylic acids is 1. The third-order valence-electron chi connectivity index (χ3n) is 2.57. The van der Waals surface area contributed by atoms with E-state index in [4.69, 9.17) is 4.74 Å². The minimum absolute atomic E-state index is 0.0547. The van der Waals surface area contributed by atoms with Crippen LogP contribution in [0.1, 0.15) is 20.8 Å². The molecule has 0 aromatic rings. The Morgan fingerprint density at radius 2 is 2.15 bits per heavy atom. The third kappa shape index (κ3) is 2.80. The molecule has 3 nitrogen and oxygen atoms in total. The van der Waals surface area contributed by atoms with Crippen LogP contribution in [0.5, 0.6) is 0 Å². The Hall–Kier alpha value is 0.160. The van der Waals surface area contributed by atoms with Crippen molar-refractivity contribution in [3.8, 4) is 0 Å². The summed E-state index contributed by atoms with van der Waals surface area (Å²) in [7, 11) is 0. The molecule has 1 atom stereocenters. The summed E-state index contributed by atoms with van der Waals surface area (Å²) < 4.78 is 5.38. The van der Waals surface area contributed by atoms with Gasteiger partial charge in [0.25, 0.3) is 0 Å². The van der Waals surface area contributed by atoms with E-state index in [9.17, 15) is 4.79 Å². The van der Waals surface area contributed by atoms with Crippen LogP contribution in [0, 0.1) is 5.92 Å². The molecule has 1 aliphatic rings. The van der Waals surface area contributed by atoms with Gasteiger partial charge in [-0.1, -0.05) is 22.6 Å². The van der Waals surface area contributed by atoms with Crippen LogP contribution >= 0.6 is 22.6 Å². The second-order valence-electron chi connectivity index (χ2n) is 4.10. The maximum Gasteiger partial charge on any atom is 0.319 e. The summed E-state index contributed by atoms with van der Waals surface area (Å²) in [6, 6.07) is 0. The first kappa shape index (κ1) is 11.2. The molecule has 1 heterocycles. The van der Waals surface area contributed by atoms with Crippen LogP contribution in [0.15, 0.2) is 0 Å². The fraction of sp³-hybridized carbons (Fsp3) is 0.889. The quantitative estimate of drug-likeness (QED) is 0.463. The predicted octanol–water partition coefficient (Wildman–Crippen LogP) is 0.325. The lowest BCUT2D eigenvalue weighted by atomic mass is 9.86. The maximum absolute atomic E-state index is 11.4. The van der Waals surface area contributed by atoms with Gasteiger partial charge >= 0.3 is 5.97 Å². The summed E-state index contributed by atoms with van der Waals surface area (Å²) in [6.45, 7) is 8.01. The van der Waals surface area contributed by atoms with Crippen molar-refractivity contribution in [1.29, 1.82) is 0 Å². The Balaban J connectivity index is 2.45. The van der Waals surface area contributed by atoms with Crippen LogP contribution in [0.3, 0.4) is 0 Å². The molecule has 76 valence electrons. The van der Waals surface area contributed by atoms with E-state index in [0.29, 0.717) is 5.92 Å². The van der Waals surface area contributed by atoms with Crippen molar-refractivity contribution in [3.05, 3.63) is 0 Å². The van der Waals surface area contributed by atoms with Gasteiger partial charge < -0.3 is 10.1 Å². The zero-order chi connectivity index (χ0) is 10.1. The molecule has 1 fully saturated rings. The molecule has 4 heteroatoms. The highest BCUT2D eigenvalue weighted by atomic mass is 127. The van der Waals surface area contributed by atoms with Crippen LogP contribution < -0.4 is 5.32 Å². The molecule has 0 aliphatic carbocycles. The number of rotatable bonds is 3. The molecular formula is C9H17INO2+. The van der Waals surface area contributed by atoms with Crippen LogP contribution in [0.2, 0.25) is 0 Å².